The van der Waals surface area contributed by atoms with E-state index >= 15 is 0 Å². The molecule has 156 valence electrons. The molecule has 0 saturated heterocycles. The molecular formula is C20H28N6O3. The zero-order valence-electron chi connectivity index (χ0n) is 17.0. The molecule has 29 heavy (non-hydrogen) atoms. The van der Waals surface area contributed by atoms with E-state index in [0.717, 1.165) is 37.2 Å². The van der Waals surface area contributed by atoms with E-state index in [4.69, 9.17) is 4.74 Å². The summed E-state index contributed by atoms with van der Waals surface area (Å²) >= 11 is 0. The minimum absolute atomic E-state index is 0.0194. The number of imidazole rings is 1. The van der Waals surface area contributed by atoms with Crippen molar-refractivity contribution in [1.82, 2.24) is 25.1 Å². The van der Waals surface area contributed by atoms with Crippen molar-refractivity contribution in [2.75, 3.05) is 5.32 Å². The zero-order chi connectivity index (χ0) is 20.5. The molecule has 2 aromatic rings. The number of anilines is 1. The number of aromatic nitrogens is 4. The Kier molecular flexibility index (Phi) is 5.29. The van der Waals surface area contributed by atoms with Crippen molar-refractivity contribution in [3.8, 4) is 0 Å². The standard InChI is InChI=1S/C20H28N6O3/c1-11(2)22-20(28)29-13-5-4-12(8-13)16-10-17(25-24-16)23-19(27)15-9-14(15)18-21-6-7-26(18)3/h6-7,10-15H,4-5,8-9H2,1-3H3,(H,22,28)(H2,23,24,25,27)/t12-,13+,14+,15+/m0/s1. The van der Waals surface area contributed by atoms with Gasteiger partial charge in [0.25, 0.3) is 0 Å². The van der Waals surface area contributed by atoms with Crippen molar-refractivity contribution in [2.24, 2.45) is 13.0 Å². The van der Waals surface area contributed by atoms with Crippen molar-refractivity contribution < 1.29 is 14.3 Å². The predicted octanol–water partition coefficient (Wildman–Crippen LogP) is 2.66. The Balaban J connectivity index is 1.28. The van der Waals surface area contributed by atoms with Gasteiger partial charge in [0.2, 0.25) is 5.91 Å². The second-order valence-corrected chi connectivity index (χ2v) is 8.38. The molecular weight excluding hydrogens is 372 g/mol. The molecule has 4 rings (SSSR count). The number of alkyl carbamates (subject to hydrolysis) is 1. The molecule has 0 radical (unpaired) electrons. The van der Waals surface area contributed by atoms with Gasteiger partial charge in [0.05, 0.1) is 0 Å². The van der Waals surface area contributed by atoms with Gasteiger partial charge in [-0.1, -0.05) is 0 Å². The molecule has 4 atom stereocenters. The van der Waals surface area contributed by atoms with Crippen LogP contribution in [0.25, 0.3) is 0 Å². The molecule has 2 saturated carbocycles. The van der Waals surface area contributed by atoms with E-state index in [-0.39, 0.29) is 41.9 Å². The third-order valence-electron chi connectivity index (χ3n) is 5.67. The summed E-state index contributed by atoms with van der Waals surface area (Å²) in [4.78, 5) is 28.6. The van der Waals surface area contributed by atoms with Crippen LogP contribution >= 0.6 is 0 Å². The summed E-state index contributed by atoms with van der Waals surface area (Å²) in [5.41, 5.74) is 0.965. The van der Waals surface area contributed by atoms with Crippen LogP contribution in [0.1, 0.15) is 62.9 Å². The highest BCUT2D eigenvalue weighted by atomic mass is 16.6. The summed E-state index contributed by atoms with van der Waals surface area (Å²) in [5, 5.41) is 12.9. The number of aromatic amines is 1. The number of carbonyl (C=O) groups is 2. The fraction of sp³-hybridized carbons (Fsp3) is 0.600. The molecule has 2 aromatic heterocycles. The molecule has 2 aliphatic carbocycles. The lowest BCUT2D eigenvalue weighted by molar-refractivity contribution is -0.117. The number of H-pyrrole nitrogens is 1. The average Bonchev–Trinajstić information content (AvgIpc) is 2.99. The topological polar surface area (TPSA) is 114 Å². The van der Waals surface area contributed by atoms with Gasteiger partial charge in [-0.2, -0.15) is 5.10 Å². The van der Waals surface area contributed by atoms with Crippen molar-refractivity contribution >= 4 is 17.8 Å². The highest BCUT2D eigenvalue weighted by molar-refractivity contribution is 5.94. The minimum atomic E-state index is -0.366. The fourth-order valence-electron chi connectivity index (χ4n) is 4.08. The van der Waals surface area contributed by atoms with Crippen molar-refractivity contribution in [3.05, 3.63) is 30.0 Å². The van der Waals surface area contributed by atoms with Gasteiger partial charge in [0.15, 0.2) is 5.82 Å². The number of amides is 2. The van der Waals surface area contributed by atoms with Gasteiger partial charge < -0.3 is 19.9 Å². The van der Waals surface area contributed by atoms with Gasteiger partial charge in [0.1, 0.15) is 11.9 Å². The second kappa shape index (κ2) is 7.88. The van der Waals surface area contributed by atoms with Gasteiger partial charge in [-0.25, -0.2) is 9.78 Å². The van der Waals surface area contributed by atoms with E-state index in [1.54, 1.807) is 6.20 Å². The fourth-order valence-corrected chi connectivity index (χ4v) is 4.08. The Labute approximate surface area is 169 Å². The second-order valence-electron chi connectivity index (χ2n) is 8.38. The van der Waals surface area contributed by atoms with E-state index in [9.17, 15) is 9.59 Å². The molecule has 0 bridgehead atoms. The first-order chi connectivity index (χ1) is 13.9. The van der Waals surface area contributed by atoms with Crippen LogP contribution in [0, 0.1) is 5.92 Å². The number of nitrogens with one attached hydrogen (secondary N) is 3. The maximum Gasteiger partial charge on any atom is 0.407 e. The van der Waals surface area contributed by atoms with E-state index in [2.05, 4.69) is 25.8 Å². The van der Waals surface area contributed by atoms with Crippen LogP contribution in [-0.2, 0) is 16.6 Å². The first-order valence-corrected chi connectivity index (χ1v) is 10.2. The van der Waals surface area contributed by atoms with Crippen LogP contribution in [0.5, 0.6) is 0 Å². The van der Waals surface area contributed by atoms with Crippen LogP contribution in [0.2, 0.25) is 0 Å². The molecule has 2 amide bonds. The Morgan fingerprint density at radius 2 is 2.14 bits per heavy atom. The quantitative estimate of drug-likeness (QED) is 0.690. The number of aryl methyl sites for hydroxylation is 1. The molecule has 0 aliphatic heterocycles. The SMILES string of the molecule is CC(C)NC(=O)O[C@@H]1CC[C@H](c2cc(NC(=O)[C@@H]3C[C@H]3c3nccn3C)n[nH]2)C1. The number of carbonyl (C=O) groups excluding carboxylic acids is 2. The average molecular weight is 400 g/mol. The van der Waals surface area contributed by atoms with Gasteiger partial charge in [0, 0.05) is 55.0 Å². The predicted molar refractivity (Wildman–Crippen MR) is 106 cm³/mol. The molecule has 2 heterocycles. The van der Waals surface area contributed by atoms with Gasteiger partial charge in [-0.05, 0) is 39.5 Å². The van der Waals surface area contributed by atoms with Crippen LogP contribution in [0.4, 0.5) is 10.6 Å². The van der Waals surface area contributed by atoms with Gasteiger partial charge >= 0.3 is 6.09 Å². The van der Waals surface area contributed by atoms with E-state index in [0.29, 0.717) is 5.82 Å². The van der Waals surface area contributed by atoms with E-state index < -0.39 is 0 Å². The lowest BCUT2D eigenvalue weighted by atomic mass is 10.0. The smallest absolute Gasteiger partial charge is 0.407 e. The first-order valence-electron chi connectivity index (χ1n) is 10.2. The van der Waals surface area contributed by atoms with E-state index in [1.807, 2.05) is 37.7 Å². The number of hydrogen-bond acceptors (Lipinski definition) is 5. The largest absolute Gasteiger partial charge is 0.446 e. The minimum Gasteiger partial charge on any atom is -0.446 e. The Morgan fingerprint density at radius 3 is 2.86 bits per heavy atom. The van der Waals surface area contributed by atoms with Crippen LogP contribution in [0.15, 0.2) is 18.5 Å². The molecule has 0 aromatic carbocycles. The summed E-state index contributed by atoms with van der Waals surface area (Å²) in [6.07, 6.45) is 6.50. The van der Waals surface area contributed by atoms with Gasteiger partial charge in [-0.15, -0.1) is 0 Å². The Morgan fingerprint density at radius 1 is 1.31 bits per heavy atom. The summed E-state index contributed by atoms with van der Waals surface area (Å²) in [5.74, 6) is 1.84. The summed E-state index contributed by atoms with van der Waals surface area (Å²) < 4.78 is 7.44. The van der Waals surface area contributed by atoms with Gasteiger partial charge in [-0.3, -0.25) is 9.89 Å². The molecule has 2 fully saturated rings. The van der Waals surface area contributed by atoms with Crippen molar-refractivity contribution in [1.29, 1.82) is 0 Å². The maximum absolute atomic E-state index is 12.5. The summed E-state index contributed by atoms with van der Waals surface area (Å²) in [6, 6.07) is 1.94. The number of rotatable bonds is 6. The number of ether oxygens (including phenoxy) is 1. The Bertz CT molecular complexity index is 888. The molecule has 2 aliphatic rings. The lowest BCUT2D eigenvalue weighted by Gasteiger charge is -2.14. The highest BCUT2D eigenvalue weighted by Gasteiger charge is 2.46. The maximum atomic E-state index is 12.5. The normalized spacial score (nSPS) is 25.8. The summed E-state index contributed by atoms with van der Waals surface area (Å²) in [7, 11) is 1.95. The Hall–Kier alpha value is -2.84. The molecule has 0 spiro atoms. The monoisotopic (exact) mass is 400 g/mol. The molecule has 0 unspecified atom stereocenters. The molecule has 9 nitrogen and oxygen atoms in total. The third kappa shape index (κ3) is 4.44. The first kappa shape index (κ1) is 19.5. The number of nitrogens with zero attached hydrogens (tertiary/aromatic N) is 3. The molecule has 3 N–H and O–H groups in total. The zero-order valence-corrected chi connectivity index (χ0v) is 17.0. The van der Waals surface area contributed by atoms with Crippen LogP contribution < -0.4 is 10.6 Å². The summed E-state index contributed by atoms with van der Waals surface area (Å²) in [6.45, 7) is 3.80. The van der Waals surface area contributed by atoms with Crippen LogP contribution in [-0.4, -0.2) is 43.9 Å². The van der Waals surface area contributed by atoms with Crippen LogP contribution in [0.3, 0.4) is 0 Å². The van der Waals surface area contributed by atoms with E-state index in [1.165, 1.54) is 0 Å². The third-order valence-corrected chi connectivity index (χ3v) is 5.67. The van der Waals surface area contributed by atoms with Crippen molar-refractivity contribution in [3.63, 3.8) is 0 Å². The number of hydrogen-bond donors (Lipinski definition) is 3. The molecule has 9 heteroatoms. The highest BCUT2D eigenvalue weighted by Crippen LogP contribution is 2.47. The van der Waals surface area contributed by atoms with Crippen molar-refractivity contribution in [2.45, 2.75) is 63.5 Å². The lowest BCUT2D eigenvalue weighted by Crippen LogP contribution is -2.33.